The molecule has 4 rings (SSSR count). The number of rotatable bonds is 6. The maximum atomic E-state index is 12.2. The van der Waals surface area contributed by atoms with Crippen LogP contribution in [0.2, 0.25) is 5.02 Å². The number of carbonyl (C=O) groups excluding carboxylic acids is 1. The minimum atomic E-state index is -0.313. The van der Waals surface area contributed by atoms with Crippen molar-refractivity contribution < 1.29 is 14.3 Å². The first-order chi connectivity index (χ1) is 15.1. The topological polar surface area (TPSA) is 38.8 Å². The van der Waals surface area contributed by atoms with E-state index in [1.165, 1.54) is 7.11 Å². The van der Waals surface area contributed by atoms with Gasteiger partial charge in [-0.25, -0.2) is 0 Å². The highest BCUT2D eigenvalue weighted by Gasteiger charge is 2.25. The highest BCUT2D eigenvalue weighted by Crippen LogP contribution is 2.40. The van der Waals surface area contributed by atoms with Crippen molar-refractivity contribution in [2.75, 3.05) is 19.1 Å². The van der Waals surface area contributed by atoms with Crippen LogP contribution in [-0.4, -0.2) is 20.2 Å². The summed E-state index contributed by atoms with van der Waals surface area (Å²) in [5, 5.41) is 0.648. The molecule has 0 radical (unpaired) electrons. The molecule has 156 valence electrons. The van der Waals surface area contributed by atoms with Crippen LogP contribution < -0.4 is 9.64 Å². The number of halogens is 1. The van der Waals surface area contributed by atoms with Gasteiger partial charge < -0.3 is 14.4 Å². The highest BCUT2D eigenvalue weighted by atomic mass is 35.5. The zero-order valence-electron chi connectivity index (χ0n) is 17.4. The number of carbonyl (C=O) groups is 1. The molecule has 31 heavy (non-hydrogen) atoms. The van der Waals surface area contributed by atoms with Crippen LogP contribution >= 0.6 is 11.6 Å². The van der Waals surface area contributed by atoms with E-state index in [0.29, 0.717) is 11.6 Å². The summed E-state index contributed by atoms with van der Waals surface area (Å²) in [6.45, 7) is 0.569. The molecule has 0 saturated carbocycles. The molecule has 0 bridgehead atoms. The minimum Gasteiger partial charge on any atom is -0.497 e. The van der Waals surface area contributed by atoms with E-state index in [0.717, 1.165) is 39.4 Å². The van der Waals surface area contributed by atoms with Gasteiger partial charge in [0.2, 0.25) is 0 Å². The number of anilines is 1. The maximum Gasteiger partial charge on any atom is 0.312 e. The number of benzene rings is 3. The Kier molecular flexibility index (Phi) is 6.13. The molecular formula is C26H22ClNO3. The van der Waals surface area contributed by atoms with Crippen molar-refractivity contribution >= 4 is 28.8 Å². The molecule has 3 aromatic rings. The summed E-state index contributed by atoms with van der Waals surface area (Å²) in [6.07, 6.45) is 0.116. The van der Waals surface area contributed by atoms with E-state index in [2.05, 4.69) is 10.6 Å². The lowest BCUT2D eigenvalue weighted by Crippen LogP contribution is -2.26. The van der Waals surface area contributed by atoms with E-state index in [-0.39, 0.29) is 12.4 Å². The summed E-state index contributed by atoms with van der Waals surface area (Å²) in [7, 11) is 3.04. The van der Waals surface area contributed by atoms with Crippen LogP contribution in [0.25, 0.3) is 5.57 Å². The number of nitrogens with zero attached hydrogens (tertiary/aromatic N) is 1. The Bertz CT molecular complexity index is 1160. The molecule has 5 heteroatoms. The summed E-state index contributed by atoms with van der Waals surface area (Å²) >= 11 is 6.36. The molecule has 0 amide bonds. The third-order valence-corrected chi connectivity index (χ3v) is 5.45. The van der Waals surface area contributed by atoms with Crippen LogP contribution in [0.3, 0.4) is 0 Å². The number of hydrogen-bond acceptors (Lipinski definition) is 4. The van der Waals surface area contributed by atoms with E-state index >= 15 is 0 Å². The van der Waals surface area contributed by atoms with E-state index < -0.39 is 0 Å². The first kappa shape index (κ1) is 20.8. The zero-order valence-corrected chi connectivity index (χ0v) is 18.1. The van der Waals surface area contributed by atoms with Gasteiger partial charge in [-0.2, -0.15) is 0 Å². The molecule has 4 nitrogen and oxygen atoms in total. The fourth-order valence-corrected chi connectivity index (χ4v) is 3.82. The molecule has 0 unspecified atom stereocenters. The van der Waals surface area contributed by atoms with Gasteiger partial charge in [0.1, 0.15) is 5.75 Å². The van der Waals surface area contributed by atoms with E-state index in [1.807, 2.05) is 72.8 Å². The second-order valence-electron chi connectivity index (χ2n) is 7.16. The van der Waals surface area contributed by atoms with Gasteiger partial charge in [-0.1, -0.05) is 59.8 Å². The van der Waals surface area contributed by atoms with Gasteiger partial charge in [0, 0.05) is 22.7 Å². The van der Waals surface area contributed by atoms with Crippen LogP contribution in [0.15, 0.2) is 84.2 Å². The van der Waals surface area contributed by atoms with Gasteiger partial charge in [-0.3, -0.25) is 4.79 Å². The van der Waals surface area contributed by atoms with Crippen LogP contribution in [0.5, 0.6) is 5.75 Å². The van der Waals surface area contributed by atoms with Gasteiger partial charge in [0.15, 0.2) is 0 Å². The highest BCUT2D eigenvalue weighted by molar-refractivity contribution is 6.31. The summed E-state index contributed by atoms with van der Waals surface area (Å²) in [5.41, 5.74) is 9.17. The molecule has 0 aliphatic carbocycles. The summed E-state index contributed by atoms with van der Waals surface area (Å²) in [4.78, 5) is 14.3. The van der Waals surface area contributed by atoms with Crippen LogP contribution in [0.1, 0.15) is 23.1 Å². The Morgan fingerprint density at radius 2 is 1.74 bits per heavy atom. The molecule has 1 aliphatic heterocycles. The first-order valence-corrected chi connectivity index (χ1v) is 10.3. The van der Waals surface area contributed by atoms with Crippen molar-refractivity contribution in [3.05, 3.63) is 106 Å². The first-order valence-electron chi connectivity index (χ1n) is 9.91. The molecular weight excluding hydrogens is 410 g/mol. The van der Waals surface area contributed by atoms with E-state index in [1.54, 1.807) is 7.11 Å². The predicted octanol–water partition coefficient (Wildman–Crippen LogP) is 5.85. The van der Waals surface area contributed by atoms with Crippen LogP contribution in [0, 0.1) is 0 Å². The zero-order chi connectivity index (χ0) is 21.8. The molecule has 3 aromatic carbocycles. The number of ether oxygens (including phenoxy) is 2. The van der Waals surface area contributed by atoms with Gasteiger partial charge >= 0.3 is 5.97 Å². The standard InChI is InChI=1S/C26H22ClNO3/c1-30-22-11-8-18(9-12-22)17-28-21(16-26(29)31-2)15-23(19-6-4-3-5-7-19)24-14-20(27)10-13-25(24)28/h3-14H,16-17H2,1-2H3. The lowest BCUT2D eigenvalue weighted by Gasteiger charge is -2.32. The molecule has 0 spiro atoms. The lowest BCUT2D eigenvalue weighted by molar-refractivity contribution is -0.139. The molecule has 0 aromatic heterocycles. The molecule has 0 atom stereocenters. The number of hydrogen-bond donors (Lipinski definition) is 0. The Balaban J connectivity index is 1.87. The third kappa shape index (κ3) is 4.51. The SMILES string of the molecule is COC(=O)CC1=C=C(c2ccccc2)c2cc(Cl)ccc2N1Cc1ccc(OC)cc1. The largest absolute Gasteiger partial charge is 0.497 e. The van der Waals surface area contributed by atoms with Crippen molar-refractivity contribution in [1.82, 2.24) is 0 Å². The Morgan fingerprint density at radius 3 is 2.42 bits per heavy atom. The molecule has 0 fully saturated rings. The monoisotopic (exact) mass is 431 g/mol. The van der Waals surface area contributed by atoms with Crippen LogP contribution in [0.4, 0.5) is 5.69 Å². The summed E-state index contributed by atoms with van der Waals surface area (Å²) < 4.78 is 10.2. The maximum absolute atomic E-state index is 12.2. The van der Waals surface area contributed by atoms with Crippen LogP contribution in [-0.2, 0) is 16.1 Å². The molecule has 0 N–H and O–H groups in total. The lowest BCUT2D eigenvalue weighted by atomic mass is 9.93. The molecule has 0 saturated heterocycles. The fraction of sp³-hybridized carbons (Fsp3) is 0.154. The average molecular weight is 432 g/mol. The second-order valence-corrected chi connectivity index (χ2v) is 7.60. The van der Waals surface area contributed by atoms with Crippen molar-refractivity contribution in [1.29, 1.82) is 0 Å². The average Bonchev–Trinajstić information content (AvgIpc) is 2.81. The van der Waals surface area contributed by atoms with Crippen molar-refractivity contribution in [3.8, 4) is 5.75 Å². The quantitative estimate of drug-likeness (QED) is 0.362. The normalized spacial score (nSPS) is 12.5. The Labute approximate surface area is 187 Å². The van der Waals surface area contributed by atoms with E-state index in [9.17, 15) is 4.79 Å². The Morgan fingerprint density at radius 1 is 1.00 bits per heavy atom. The van der Waals surface area contributed by atoms with Gasteiger partial charge in [0.25, 0.3) is 0 Å². The smallest absolute Gasteiger partial charge is 0.312 e. The van der Waals surface area contributed by atoms with Gasteiger partial charge in [-0.15, -0.1) is 0 Å². The molecule has 1 aliphatic rings. The summed E-state index contributed by atoms with van der Waals surface area (Å²) in [6, 6.07) is 23.7. The third-order valence-electron chi connectivity index (χ3n) is 5.22. The van der Waals surface area contributed by atoms with Gasteiger partial charge in [0.05, 0.1) is 32.0 Å². The van der Waals surface area contributed by atoms with Gasteiger partial charge in [-0.05, 0) is 41.5 Å². The second kappa shape index (κ2) is 9.13. The number of methoxy groups -OCH3 is 2. The number of fused-ring (bicyclic) bond motifs is 1. The predicted molar refractivity (Wildman–Crippen MR) is 123 cm³/mol. The van der Waals surface area contributed by atoms with Crippen molar-refractivity contribution in [3.63, 3.8) is 0 Å². The molecule has 1 heterocycles. The minimum absolute atomic E-state index is 0.116. The fourth-order valence-electron chi connectivity index (χ4n) is 3.64. The number of esters is 1. The summed E-state index contributed by atoms with van der Waals surface area (Å²) in [5.74, 6) is 0.484. The van der Waals surface area contributed by atoms with Crippen molar-refractivity contribution in [2.24, 2.45) is 0 Å². The van der Waals surface area contributed by atoms with Crippen molar-refractivity contribution in [2.45, 2.75) is 13.0 Å². The van der Waals surface area contributed by atoms with E-state index in [4.69, 9.17) is 21.1 Å². The Hall–Kier alpha value is -3.46.